The van der Waals surface area contributed by atoms with E-state index in [0.29, 0.717) is 22.5 Å². The molecule has 0 aliphatic carbocycles. The smallest absolute Gasteiger partial charge is 0.290 e. The summed E-state index contributed by atoms with van der Waals surface area (Å²) in [6, 6.07) is 3.29. The second kappa shape index (κ2) is 3.73. The number of hydrogen-bond acceptors (Lipinski definition) is 5. The summed E-state index contributed by atoms with van der Waals surface area (Å²) in [5.74, 6) is 0.992. The number of hydrogen-bond donors (Lipinski definition) is 2. The number of rotatable bonds is 2. The van der Waals surface area contributed by atoms with Crippen molar-refractivity contribution < 1.29 is 9.47 Å². The van der Waals surface area contributed by atoms with Crippen LogP contribution in [0.1, 0.15) is 0 Å². The first kappa shape index (κ1) is 10.3. The van der Waals surface area contributed by atoms with Gasteiger partial charge in [-0.15, -0.1) is 0 Å². The molecule has 6 nitrogen and oxygen atoms in total. The topological polar surface area (TPSA) is 90.2 Å². The number of aromatic nitrogens is 2. The molecule has 0 saturated heterocycles. The van der Waals surface area contributed by atoms with Crippen LogP contribution < -0.4 is 20.8 Å². The molecule has 0 bridgehead atoms. The number of nitrogens with zero attached hydrogens (tertiary/aromatic N) is 1. The molecule has 0 amide bonds. The summed E-state index contributed by atoms with van der Waals surface area (Å²) in [5, 5.41) is 0. The Balaban J connectivity index is 2.78. The van der Waals surface area contributed by atoms with Crippen molar-refractivity contribution in [2.24, 2.45) is 0 Å². The molecule has 0 saturated carbocycles. The first-order valence-corrected chi connectivity index (χ1v) is 4.57. The number of methoxy groups -OCH3 is 2. The lowest BCUT2D eigenvalue weighted by atomic mass is 10.2. The van der Waals surface area contributed by atoms with Crippen molar-refractivity contribution in [1.82, 2.24) is 9.97 Å². The van der Waals surface area contributed by atoms with Gasteiger partial charge >= 0.3 is 0 Å². The number of nitrogens with two attached hydrogens (primary N) is 1. The third-order valence-electron chi connectivity index (χ3n) is 2.22. The van der Waals surface area contributed by atoms with E-state index in [-0.39, 0.29) is 5.82 Å². The van der Waals surface area contributed by atoms with Crippen LogP contribution in [0.3, 0.4) is 0 Å². The number of aromatic amines is 1. The number of nitrogen functional groups attached to an aromatic ring is 1. The molecule has 2 rings (SSSR count). The van der Waals surface area contributed by atoms with Gasteiger partial charge in [-0.3, -0.25) is 4.79 Å². The highest BCUT2D eigenvalue weighted by Crippen LogP contribution is 2.30. The van der Waals surface area contributed by atoms with Crippen LogP contribution in [0.4, 0.5) is 5.82 Å². The third kappa shape index (κ3) is 1.54. The summed E-state index contributed by atoms with van der Waals surface area (Å²) in [7, 11) is 3.05. The molecular weight excluding hydrogens is 210 g/mol. The lowest BCUT2D eigenvalue weighted by molar-refractivity contribution is 0.355. The Morgan fingerprint density at radius 2 is 1.88 bits per heavy atom. The molecule has 1 heterocycles. The van der Waals surface area contributed by atoms with Crippen molar-refractivity contribution in [2.45, 2.75) is 0 Å². The van der Waals surface area contributed by atoms with Gasteiger partial charge in [0.05, 0.1) is 25.3 Å². The van der Waals surface area contributed by atoms with E-state index in [4.69, 9.17) is 15.2 Å². The number of H-pyrrole nitrogens is 1. The number of ether oxygens (including phenoxy) is 2. The highest BCUT2D eigenvalue weighted by molar-refractivity contribution is 5.79. The molecular formula is C10H11N3O3. The quantitative estimate of drug-likeness (QED) is 0.771. The molecule has 84 valence electrons. The molecule has 0 atom stereocenters. The summed E-state index contributed by atoms with van der Waals surface area (Å²) in [4.78, 5) is 17.8. The van der Waals surface area contributed by atoms with E-state index in [1.165, 1.54) is 14.2 Å². The molecule has 0 unspecified atom stereocenters. The van der Waals surface area contributed by atoms with E-state index in [1.54, 1.807) is 12.1 Å². The predicted octanol–water partition coefficient (Wildman–Crippen LogP) is 0.522. The zero-order valence-corrected chi connectivity index (χ0v) is 8.90. The van der Waals surface area contributed by atoms with Crippen LogP contribution in [0, 0.1) is 0 Å². The van der Waals surface area contributed by atoms with E-state index < -0.39 is 5.56 Å². The van der Waals surface area contributed by atoms with Gasteiger partial charge in [-0.2, -0.15) is 0 Å². The van der Waals surface area contributed by atoms with Gasteiger partial charge in [0.15, 0.2) is 17.3 Å². The molecule has 0 radical (unpaired) electrons. The van der Waals surface area contributed by atoms with Gasteiger partial charge in [-0.25, -0.2) is 4.98 Å². The fourth-order valence-electron chi connectivity index (χ4n) is 1.43. The van der Waals surface area contributed by atoms with Gasteiger partial charge in [0.2, 0.25) is 0 Å². The molecule has 0 spiro atoms. The van der Waals surface area contributed by atoms with Crippen molar-refractivity contribution >= 4 is 16.9 Å². The van der Waals surface area contributed by atoms with Gasteiger partial charge < -0.3 is 20.2 Å². The van der Waals surface area contributed by atoms with E-state index >= 15 is 0 Å². The first-order chi connectivity index (χ1) is 7.65. The van der Waals surface area contributed by atoms with Crippen LogP contribution >= 0.6 is 0 Å². The van der Waals surface area contributed by atoms with Crippen molar-refractivity contribution in [2.75, 3.05) is 20.0 Å². The first-order valence-electron chi connectivity index (χ1n) is 4.57. The normalized spacial score (nSPS) is 10.4. The summed E-state index contributed by atoms with van der Waals surface area (Å²) in [6.07, 6.45) is 0. The van der Waals surface area contributed by atoms with Gasteiger partial charge in [-0.1, -0.05) is 0 Å². The van der Waals surface area contributed by atoms with Crippen LogP contribution in [-0.4, -0.2) is 24.2 Å². The van der Waals surface area contributed by atoms with Crippen LogP contribution in [0.2, 0.25) is 0 Å². The molecule has 1 aromatic carbocycles. The standard InChI is InChI=1S/C10H11N3O3/c1-15-7-3-5-6(4-8(7)16-2)13-10(14)9(11)12-5/h3-4H,1-2H3,(H2,11,12)(H,13,14). The van der Waals surface area contributed by atoms with Crippen LogP contribution in [0.15, 0.2) is 16.9 Å². The Morgan fingerprint density at radius 1 is 1.25 bits per heavy atom. The van der Waals surface area contributed by atoms with Gasteiger partial charge in [0.1, 0.15) is 0 Å². The lowest BCUT2D eigenvalue weighted by Gasteiger charge is -2.08. The van der Waals surface area contributed by atoms with Crippen LogP contribution in [0.25, 0.3) is 11.0 Å². The minimum atomic E-state index is -0.417. The second-order valence-corrected chi connectivity index (χ2v) is 3.18. The summed E-state index contributed by atoms with van der Waals surface area (Å²) in [5.41, 5.74) is 6.11. The highest BCUT2D eigenvalue weighted by Gasteiger charge is 2.08. The van der Waals surface area contributed by atoms with Gasteiger partial charge in [0.25, 0.3) is 5.56 Å². The number of nitrogens with one attached hydrogen (secondary N) is 1. The van der Waals surface area contributed by atoms with E-state index in [1.807, 2.05) is 0 Å². The van der Waals surface area contributed by atoms with Crippen LogP contribution in [0.5, 0.6) is 11.5 Å². The molecule has 0 fully saturated rings. The molecule has 2 aromatic rings. The lowest BCUT2D eigenvalue weighted by Crippen LogP contribution is -2.13. The maximum Gasteiger partial charge on any atom is 0.290 e. The maximum atomic E-state index is 11.3. The zero-order valence-electron chi connectivity index (χ0n) is 8.90. The third-order valence-corrected chi connectivity index (χ3v) is 2.22. The minimum absolute atomic E-state index is 0.0697. The van der Waals surface area contributed by atoms with Crippen molar-refractivity contribution in [3.8, 4) is 11.5 Å². The molecule has 16 heavy (non-hydrogen) atoms. The van der Waals surface area contributed by atoms with Gasteiger partial charge in [0, 0.05) is 12.1 Å². The van der Waals surface area contributed by atoms with Crippen molar-refractivity contribution in [1.29, 1.82) is 0 Å². The predicted molar refractivity (Wildman–Crippen MR) is 59.9 cm³/mol. The number of benzene rings is 1. The summed E-state index contributed by atoms with van der Waals surface area (Å²) >= 11 is 0. The van der Waals surface area contributed by atoms with E-state index in [0.717, 1.165) is 0 Å². The monoisotopic (exact) mass is 221 g/mol. The zero-order chi connectivity index (χ0) is 11.7. The maximum absolute atomic E-state index is 11.3. The molecule has 3 N–H and O–H groups in total. The summed E-state index contributed by atoms with van der Waals surface area (Å²) in [6.45, 7) is 0. The molecule has 0 aliphatic heterocycles. The average Bonchev–Trinajstić information content (AvgIpc) is 2.29. The van der Waals surface area contributed by atoms with E-state index in [9.17, 15) is 4.79 Å². The van der Waals surface area contributed by atoms with Crippen molar-refractivity contribution in [3.63, 3.8) is 0 Å². The van der Waals surface area contributed by atoms with Crippen LogP contribution in [-0.2, 0) is 0 Å². The van der Waals surface area contributed by atoms with Crippen molar-refractivity contribution in [3.05, 3.63) is 22.5 Å². The Bertz CT molecular complexity index is 592. The van der Waals surface area contributed by atoms with Gasteiger partial charge in [-0.05, 0) is 0 Å². The Morgan fingerprint density at radius 3 is 2.50 bits per heavy atom. The second-order valence-electron chi connectivity index (χ2n) is 3.18. The highest BCUT2D eigenvalue weighted by atomic mass is 16.5. The molecule has 1 aromatic heterocycles. The molecule has 6 heteroatoms. The molecule has 0 aliphatic rings. The largest absolute Gasteiger partial charge is 0.493 e. The Kier molecular flexibility index (Phi) is 2.40. The Labute approximate surface area is 91.0 Å². The Hall–Kier alpha value is -2.24. The minimum Gasteiger partial charge on any atom is -0.493 e. The fraction of sp³-hybridized carbons (Fsp3) is 0.200. The fourth-order valence-corrected chi connectivity index (χ4v) is 1.43. The summed E-state index contributed by atoms with van der Waals surface area (Å²) < 4.78 is 10.2. The number of fused-ring (bicyclic) bond motifs is 1. The average molecular weight is 221 g/mol. The SMILES string of the molecule is COc1cc2nc(N)c(=O)[nH]c2cc1OC. The van der Waals surface area contributed by atoms with E-state index in [2.05, 4.69) is 9.97 Å². The number of anilines is 1.